The Morgan fingerprint density at radius 2 is 1.88 bits per heavy atom. The van der Waals surface area contributed by atoms with Gasteiger partial charge >= 0.3 is 0 Å². The second kappa shape index (κ2) is 10.4. The molecule has 2 fully saturated rings. The van der Waals surface area contributed by atoms with Crippen LogP contribution in [0.1, 0.15) is 24.4 Å². The van der Waals surface area contributed by atoms with Crippen LogP contribution in [0.25, 0.3) is 0 Å². The van der Waals surface area contributed by atoms with Crippen molar-refractivity contribution in [3.63, 3.8) is 0 Å². The number of benzene rings is 2. The van der Waals surface area contributed by atoms with Crippen molar-refractivity contribution in [3.8, 4) is 0 Å². The van der Waals surface area contributed by atoms with E-state index >= 15 is 0 Å². The third-order valence-corrected chi connectivity index (χ3v) is 7.12. The Labute approximate surface area is 202 Å². The predicted octanol–water partition coefficient (Wildman–Crippen LogP) is 3.02. The number of amidine groups is 1. The number of hydrogen-bond acceptors (Lipinski definition) is 7. The molecule has 178 valence electrons. The molecule has 2 N–H and O–H groups in total. The molecule has 10 heteroatoms. The van der Waals surface area contributed by atoms with Crippen LogP contribution in [-0.2, 0) is 16.2 Å². The fraction of sp³-hybridized carbons (Fsp3) is 0.292. The smallest absolute Gasteiger partial charge is 0.254 e. The number of aliphatic imine (C=N–C) groups is 2. The summed E-state index contributed by atoms with van der Waals surface area (Å²) in [7, 11) is 3.54. The number of hydrogen-bond donors (Lipinski definition) is 2. The highest BCUT2D eigenvalue weighted by molar-refractivity contribution is 7.89. The number of anilines is 1. The molecule has 2 unspecified atom stereocenters. The van der Waals surface area contributed by atoms with Gasteiger partial charge in [0.2, 0.25) is 0 Å². The fourth-order valence-corrected chi connectivity index (χ4v) is 4.85. The Bertz CT molecular complexity index is 1090. The first-order valence-corrected chi connectivity index (χ1v) is 12.0. The largest absolute Gasteiger partial charge is 0.591 e. The molecule has 0 spiro atoms. The van der Waals surface area contributed by atoms with E-state index in [9.17, 15) is 14.6 Å². The highest BCUT2D eigenvalue weighted by Gasteiger charge is 2.39. The Balaban J connectivity index is 1.50. The first-order valence-electron chi connectivity index (χ1n) is 10.9. The molecule has 1 heterocycles. The fourth-order valence-electron chi connectivity index (χ4n) is 3.78. The lowest BCUT2D eigenvalue weighted by Gasteiger charge is -2.40. The monoisotopic (exact) mass is 480 g/mol. The molecular formula is C24H28N6O3S. The van der Waals surface area contributed by atoms with Gasteiger partial charge in [-0.3, -0.25) is 15.0 Å². The van der Waals surface area contributed by atoms with Crippen molar-refractivity contribution in [3.05, 3.63) is 72.1 Å². The summed E-state index contributed by atoms with van der Waals surface area (Å²) in [6.07, 6.45) is 3.25. The maximum Gasteiger partial charge on any atom is 0.254 e. The summed E-state index contributed by atoms with van der Waals surface area (Å²) in [6.45, 7) is 3.77. The second-order valence-corrected chi connectivity index (χ2v) is 9.49. The average molecular weight is 481 g/mol. The van der Waals surface area contributed by atoms with Gasteiger partial charge in [0.25, 0.3) is 5.91 Å². The van der Waals surface area contributed by atoms with Crippen molar-refractivity contribution in [2.45, 2.75) is 29.8 Å². The molecule has 0 radical (unpaired) electrons. The zero-order valence-corrected chi connectivity index (χ0v) is 20.0. The van der Waals surface area contributed by atoms with E-state index < -0.39 is 17.4 Å². The average Bonchev–Trinajstić information content (AvgIpc) is 3.70. The van der Waals surface area contributed by atoms with Crippen molar-refractivity contribution in [1.29, 1.82) is 0 Å². The molecule has 1 aliphatic carbocycles. The van der Waals surface area contributed by atoms with Crippen molar-refractivity contribution < 1.29 is 14.6 Å². The lowest BCUT2D eigenvalue weighted by molar-refractivity contribution is -0.133. The number of nitrogens with zero attached hydrogens (tertiary/aromatic N) is 5. The molecule has 34 heavy (non-hydrogen) atoms. The number of likely N-dealkylation sites (N-methyl/N-ethyl adjacent to an activating group) is 2. The van der Waals surface area contributed by atoms with Gasteiger partial charge in [-0.2, -0.15) is 0 Å². The molecule has 2 atom stereocenters. The molecule has 2 aromatic rings. The third kappa shape index (κ3) is 5.00. The van der Waals surface area contributed by atoms with Crippen LogP contribution in [0, 0.1) is 0 Å². The third-order valence-electron chi connectivity index (χ3n) is 5.80. The number of piperazine rings is 1. The first kappa shape index (κ1) is 24.0. The Morgan fingerprint density at radius 3 is 2.50 bits per heavy atom. The van der Waals surface area contributed by atoms with Crippen LogP contribution in [0.4, 0.5) is 5.69 Å². The van der Waals surface area contributed by atoms with Crippen molar-refractivity contribution >= 4 is 35.5 Å². The Kier molecular flexibility index (Phi) is 7.32. The van der Waals surface area contributed by atoms with Gasteiger partial charge in [-0.1, -0.05) is 30.3 Å². The van der Waals surface area contributed by atoms with Crippen molar-refractivity contribution in [2.75, 3.05) is 26.1 Å². The van der Waals surface area contributed by atoms with E-state index in [0.717, 1.165) is 28.6 Å². The number of rotatable bonds is 8. The molecule has 2 aliphatic rings. The molecule has 0 aromatic heterocycles. The van der Waals surface area contributed by atoms with Crippen LogP contribution >= 0.6 is 0 Å². The van der Waals surface area contributed by atoms with Gasteiger partial charge in [0.15, 0.2) is 10.7 Å². The molecule has 9 nitrogen and oxygen atoms in total. The van der Waals surface area contributed by atoms with Crippen LogP contribution < -0.4 is 5.32 Å². The maximum absolute atomic E-state index is 13.1. The van der Waals surface area contributed by atoms with Gasteiger partial charge in [-0.15, -0.1) is 0 Å². The van der Waals surface area contributed by atoms with Crippen LogP contribution in [0.15, 0.2) is 81.4 Å². The molecule has 1 amide bonds. The molecular weight excluding hydrogens is 452 g/mol. The summed E-state index contributed by atoms with van der Waals surface area (Å²) < 4.78 is 13.3. The Morgan fingerprint density at radius 1 is 1.21 bits per heavy atom. The van der Waals surface area contributed by atoms with E-state index in [2.05, 4.69) is 17.0 Å². The molecule has 0 bridgehead atoms. The van der Waals surface area contributed by atoms with Gasteiger partial charge in [0.1, 0.15) is 29.8 Å². The zero-order chi connectivity index (χ0) is 24.2. The highest BCUT2D eigenvalue weighted by Crippen LogP contribution is 2.31. The van der Waals surface area contributed by atoms with E-state index in [0.29, 0.717) is 16.4 Å². The van der Waals surface area contributed by atoms with Crippen molar-refractivity contribution in [1.82, 2.24) is 14.3 Å². The molecule has 1 aliphatic heterocycles. The van der Waals surface area contributed by atoms with E-state index in [1.54, 1.807) is 36.2 Å². The van der Waals surface area contributed by atoms with E-state index in [1.165, 1.54) is 6.20 Å². The zero-order valence-electron chi connectivity index (χ0n) is 19.2. The summed E-state index contributed by atoms with van der Waals surface area (Å²) in [5.74, 6) is 0.525. The topological polar surface area (TPSA) is 107 Å². The number of carbonyl (C=O) groups excluding carboxylic acids is 1. The minimum absolute atomic E-state index is 0.0148. The molecule has 1 saturated carbocycles. The standard InChI is InChI=1S/C24H28N6O3S/c1-25-15-21-23(29(3)22(24(31)28(21)2)17-7-5-4-6-8-17)27-16-26-18-9-13-20(14-10-18)34(33)30(32)19-11-12-19/h4-10,13-15,19,22,26,32H,1,11-12,16H2,2-3H3/b21-15+,27-23+. The van der Waals surface area contributed by atoms with Gasteiger partial charge < -0.3 is 19.7 Å². The van der Waals surface area contributed by atoms with Crippen LogP contribution in [0.2, 0.25) is 0 Å². The van der Waals surface area contributed by atoms with Crippen LogP contribution in [-0.4, -0.2) is 69.3 Å². The van der Waals surface area contributed by atoms with E-state index in [4.69, 9.17) is 4.99 Å². The van der Waals surface area contributed by atoms with E-state index in [1.807, 2.05) is 42.3 Å². The molecule has 4 rings (SSSR count). The van der Waals surface area contributed by atoms with Crippen LogP contribution in [0.5, 0.6) is 0 Å². The SMILES string of the molecule is C=N/C=C1\C(=N/CNc2ccc([S+]([O-])N(O)C3CC3)cc2)N(C)C(c2ccccc2)C(=O)N1C. The summed E-state index contributed by atoms with van der Waals surface area (Å²) in [6, 6.07) is 16.1. The number of carbonyl (C=O) groups is 1. The van der Waals surface area contributed by atoms with Gasteiger partial charge in [-0.05, 0) is 49.4 Å². The first-order chi connectivity index (χ1) is 16.4. The molecule has 2 aromatic carbocycles. The van der Waals surface area contributed by atoms with Crippen molar-refractivity contribution in [2.24, 2.45) is 9.98 Å². The predicted molar refractivity (Wildman–Crippen MR) is 133 cm³/mol. The minimum atomic E-state index is -1.59. The van der Waals surface area contributed by atoms with Gasteiger partial charge in [0, 0.05) is 24.3 Å². The molecule has 1 saturated heterocycles. The van der Waals surface area contributed by atoms with Crippen LogP contribution in [0.3, 0.4) is 0 Å². The van der Waals surface area contributed by atoms with Gasteiger partial charge in [-0.25, -0.2) is 4.99 Å². The Hall–Kier alpha value is -3.18. The maximum atomic E-state index is 13.1. The lowest BCUT2D eigenvalue weighted by Crippen LogP contribution is -2.51. The highest BCUT2D eigenvalue weighted by atomic mass is 32.2. The summed E-state index contributed by atoms with van der Waals surface area (Å²) in [4.78, 5) is 25.6. The number of hydroxylamine groups is 1. The lowest BCUT2D eigenvalue weighted by atomic mass is 10.0. The number of nitrogens with one attached hydrogen (secondary N) is 1. The minimum Gasteiger partial charge on any atom is -0.591 e. The summed E-state index contributed by atoms with van der Waals surface area (Å²) in [5, 5.41) is 13.2. The van der Waals surface area contributed by atoms with E-state index in [-0.39, 0.29) is 18.6 Å². The summed E-state index contributed by atoms with van der Waals surface area (Å²) in [5.41, 5.74) is 2.22. The summed E-state index contributed by atoms with van der Waals surface area (Å²) >= 11 is -1.59. The number of amides is 1. The normalized spacial score (nSPS) is 21.9. The quantitative estimate of drug-likeness (QED) is 0.342. The van der Waals surface area contributed by atoms with Gasteiger partial charge in [0.05, 0.1) is 12.2 Å². The second-order valence-electron chi connectivity index (χ2n) is 8.14.